The summed E-state index contributed by atoms with van der Waals surface area (Å²) in [5, 5.41) is 6.81. The molecule has 0 aliphatic heterocycles. The number of hydrogen-bond acceptors (Lipinski definition) is 6. The van der Waals surface area contributed by atoms with Crippen molar-refractivity contribution in [1.29, 1.82) is 0 Å². The van der Waals surface area contributed by atoms with Gasteiger partial charge in [-0.1, -0.05) is 24.2 Å². The highest BCUT2D eigenvalue weighted by Crippen LogP contribution is 2.23. The van der Waals surface area contributed by atoms with Gasteiger partial charge in [0.05, 0.1) is 25.9 Å². The van der Waals surface area contributed by atoms with Gasteiger partial charge < -0.3 is 14.6 Å². The van der Waals surface area contributed by atoms with Gasteiger partial charge >= 0.3 is 0 Å². The molecule has 0 unspecified atom stereocenters. The van der Waals surface area contributed by atoms with Crippen LogP contribution in [0.15, 0.2) is 53.1 Å². The molecule has 0 spiro atoms. The summed E-state index contributed by atoms with van der Waals surface area (Å²) >= 11 is 0. The lowest BCUT2D eigenvalue weighted by Gasteiger charge is -2.19. The molecule has 7 nitrogen and oxygen atoms in total. The maximum absolute atomic E-state index is 13.1. The Bertz CT molecular complexity index is 943. The van der Waals surface area contributed by atoms with E-state index in [9.17, 15) is 9.18 Å². The topological polar surface area (TPSA) is 80.5 Å². The summed E-state index contributed by atoms with van der Waals surface area (Å²) in [6, 6.07) is 13.1. The van der Waals surface area contributed by atoms with Gasteiger partial charge in [-0.05, 0) is 49.4 Å². The number of halogens is 1. The quantitative estimate of drug-likeness (QED) is 0.592. The van der Waals surface area contributed by atoms with Crippen molar-refractivity contribution in [1.82, 2.24) is 15.0 Å². The van der Waals surface area contributed by atoms with Crippen LogP contribution in [0.1, 0.15) is 19.2 Å². The second-order valence-electron chi connectivity index (χ2n) is 6.48. The van der Waals surface area contributed by atoms with Crippen LogP contribution in [0.4, 0.5) is 10.1 Å². The standard InChI is InChI=1S/C21H23FN4O3/c1-3-12-26(13-19(27)23-17-6-4-5-7-18(17)28-2)14-20-24-21(25-29-20)15-8-10-16(22)11-9-15/h4-11H,3,12-14H2,1-2H3,(H,23,27). The van der Waals surface area contributed by atoms with Crippen molar-refractivity contribution in [3.05, 3.63) is 60.2 Å². The largest absolute Gasteiger partial charge is 0.495 e. The number of anilines is 1. The summed E-state index contributed by atoms with van der Waals surface area (Å²) in [6.07, 6.45) is 0.862. The van der Waals surface area contributed by atoms with Crippen molar-refractivity contribution < 1.29 is 18.4 Å². The average molecular weight is 398 g/mol. The first kappa shape index (κ1) is 20.5. The first-order valence-electron chi connectivity index (χ1n) is 9.32. The second-order valence-corrected chi connectivity index (χ2v) is 6.48. The summed E-state index contributed by atoms with van der Waals surface area (Å²) in [5.41, 5.74) is 1.28. The highest BCUT2D eigenvalue weighted by Gasteiger charge is 2.16. The molecular formula is C21H23FN4O3. The predicted octanol–water partition coefficient (Wildman–Crippen LogP) is 3.74. The molecule has 0 radical (unpaired) electrons. The van der Waals surface area contributed by atoms with Gasteiger partial charge in [-0.3, -0.25) is 9.69 Å². The minimum Gasteiger partial charge on any atom is -0.495 e. The molecule has 2 aromatic carbocycles. The number of amides is 1. The summed E-state index contributed by atoms with van der Waals surface area (Å²) in [5.74, 6) is 0.885. The maximum Gasteiger partial charge on any atom is 0.241 e. The predicted molar refractivity (Wildman–Crippen MR) is 107 cm³/mol. The minimum atomic E-state index is -0.326. The maximum atomic E-state index is 13.1. The fraction of sp³-hybridized carbons (Fsp3) is 0.286. The van der Waals surface area contributed by atoms with Gasteiger partial charge in [-0.2, -0.15) is 4.98 Å². The van der Waals surface area contributed by atoms with Crippen LogP contribution in [0.2, 0.25) is 0 Å². The molecular weight excluding hydrogens is 375 g/mol. The van der Waals surface area contributed by atoms with Crippen LogP contribution in [0.25, 0.3) is 11.4 Å². The van der Waals surface area contributed by atoms with E-state index >= 15 is 0 Å². The number of hydrogen-bond donors (Lipinski definition) is 1. The third kappa shape index (κ3) is 5.61. The lowest BCUT2D eigenvalue weighted by molar-refractivity contribution is -0.117. The van der Waals surface area contributed by atoms with Gasteiger partial charge in [0.2, 0.25) is 17.6 Å². The van der Waals surface area contributed by atoms with Crippen molar-refractivity contribution in [2.24, 2.45) is 0 Å². The number of nitrogens with zero attached hydrogens (tertiary/aromatic N) is 3. The zero-order valence-electron chi connectivity index (χ0n) is 16.4. The Hall–Kier alpha value is -3.26. The molecule has 0 saturated carbocycles. The van der Waals surface area contributed by atoms with E-state index < -0.39 is 0 Å². The van der Waals surface area contributed by atoms with Gasteiger partial charge in [0.25, 0.3) is 0 Å². The summed E-state index contributed by atoms with van der Waals surface area (Å²) in [7, 11) is 1.56. The van der Waals surface area contributed by atoms with Crippen LogP contribution in [0.5, 0.6) is 5.75 Å². The first-order chi connectivity index (χ1) is 14.1. The number of aromatic nitrogens is 2. The van der Waals surface area contributed by atoms with Crippen LogP contribution in [-0.2, 0) is 11.3 Å². The van der Waals surface area contributed by atoms with Gasteiger partial charge in [0, 0.05) is 5.56 Å². The van der Waals surface area contributed by atoms with E-state index in [-0.39, 0.29) is 18.3 Å². The number of nitrogens with one attached hydrogen (secondary N) is 1. The van der Waals surface area contributed by atoms with Crippen LogP contribution >= 0.6 is 0 Å². The van der Waals surface area contributed by atoms with E-state index in [1.165, 1.54) is 12.1 Å². The normalized spacial score (nSPS) is 10.9. The van der Waals surface area contributed by atoms with Crippen LogP contribution in [-0.4, -0.2) is 41.1 Å². The van der Waals surface area contributed by atoms with Gasteiger partial charge in [0.15, 0.2) is 0 Å². The molecule has 0 bridgehead atoms. The molecule has 1 N–H and O–H groups in total. The van der Waals surface area contributed by atoms with E-state index in [1.54, 1.807) is 31.4 Å². The number of methoxy groups -OCH3 is 1. The van der Waals surface area contributed by atoms with Crippen LogP contribution in [0.3, 0.4) is 0 Å². The molecule has 3 aromatic rings. The first-order valence-corrected chi connectivity index (χ1v) is 9.32. The third-order valence-corrected chi connectivity index (χ3v) is 4.22. The molecule has 1 aromatic heterocycles. The number of carbonyl (C=O) groups is 1. The fourth-order valence-electron chi connectivity index (χ4n) is 2.90. The van der Waals surface area contributed by atoms with Crippen molar-refractivity contribution in [2.75, 3.05) is 25.5 Å². The van der Waals surface area contributed by atoms with E-state index in [4.69, 9.17) is 9.26 Å². The zero-order chi connectivity index (χ0) is 20.6. The van der Waals surface area contributed by atoms with Gasteiger partial charge in [0.1, 0.15) is 11.6 Å². The minimum absolute atomic E-state index is 0.166. The Morgan fingerprint density at radius 2 is 1.97 bits per heavy atom. The summed E-state index contributed by atoms with van der Waals surface area (Å²) in [4.78, 5) is 18.8. The SMILES string of the molecule is CCCN(CC(=O)Nc1ccccc1OC)Cc1nc(-c2ccc(F)cc2)no1. The van der Waals surface area contributed by atoms with Gasteiger partial charge in [-0.25, -0.2) is 4.39 Å². The molecule has 0 fully saturated rings. The van der Waals surface area contributed by atoms with E-state index in [1.807, 2.05) is 24.0 Å². The molecule has 152 valence electrons. The lowest BCUT2D eigenvalue weighted by atomic mass is 10.2. The molecule has 3 rings (SSSR count). The summed E-state index contributed by atoms with van der Waals surface area (Å²) in [6.45, 7) is 3.22. The molecule has 0 atom stereocenters. The van der Waals surface area contributed by atoms with Crippen molar-refractivity contribution in [3.8, 4) is 17.1 Å². The number of carbonyl (C=O) groups excluding carboxylic acids is 1. The molecule has 1 heterocycles. The highest BCUT2D eigenvalue weighted by molar-refractivity contribution is 5.93. The fourth-order valence-corrected chi connectivity index (χ4v) is 2.90. The Morgan fingerprint density at radius 1 is 1.21 bits per heavy atom. The highest BCUT2D eigenvalue weighted by atomic mass is 19.1. The molecule has 0 saturated heterocycles. The zero-order valence-corrected chi connectivity index (χ0v) is 16.4. The summed E-state index contributed by atoms with van der Waals surface area (Å²) < 4.78 is 23.6. The Morgan fingerprint density at radius 3 is 2.69 bits per heavy atom. The van der Waals surface area contributed by atoms with Gasteiger partial charge in [-0.15, -0.1) is 0 Å². The molecule has 0 aliphatic rings. The van der Waals surface area contributed by atoms with Crippen molar-refractivity contribution in [2.45, 2.75) is 19.9 Å². The smallest absolute Gasteiger partial charge is 0.241 e. The Labute approximate surface area is 168 Å². The molecule has 29 heavy (non-hydrogen) atoms. The van der Waals surface area contributed by atoms with Crippen molar-refractivity contribution >= 4 is 11.6 Å². The van der Waals surface area contributed by atoms with E-state index in [0.717, 1.165) is 6.42 Å². The Kier molecular flexibility index (Phi) is 6.91. The van der Waals surface area contributed by atoms with Crippen LogP contribution < -0.4 is 10.1 Å². The second kappa shape index (κ2) is 9.79. The molecule has 1 amide bonds. The monoisotopic (exact) mass is 398 g/mol. The van der Waals surface area contributed by atoms with Crippen LogP contribution in [0, 0.1) is 5.82 Å². The average Bonchev–Trinajstić information content (AvgIpc) is 3.17. The molecule has 0 aliphatic carbocycles. The third-order valence-electron chi connectivity index (χ3n) is 4.22. The number of ether oxygens (including phenoxy) is 1. The number of para-hydroxylation sites is 2. The van der Waals surface area contributed by atoms with E-state index in [0.29, 0.717) is 41.8 Å². The molecule has 8 heteroatoms. The number of rotatable bonds is 9. The van der Waals surface area contributed by atoms with Crippen molar-refractivity contribution in [3.63, 3.8) is 0 Å². The lowest BCUT2D eigenvalue weighted by Crippen LogP contribution is -2.33. The number of benzene rings is 2. The Balaban J connectivity index is 1.64. The van der Waals surface area contributed by atoms with E-state index in [2.05, 4.69) is 15.5 Å².